The molecule has 0 aliphatic heterocycles. The summed E-state index contributed by atoms with van der Waals surface area (Å²) in [6.07, 6.45) is 4.61. The van der Waals surface area contributed by atoms with Crippen LogP contribution in [0.4, 0.5) is 0 Å². The van der Waals surface area contributed by atoms with E-state index >= 15 is 0 Å². The summed E-state index contributed by atoms with van der Waals surface area (Å²) in [6.45, 7) is 6.32. The molecule has 0 bridgehead atoms. The first-order valence-corrected chi connectivity index (χ1v) is 7.13. The van der Waals surface area contributed by atoms with Crippen LogP contribution in [0.15, 0.2) is 30.3 Å². The molecular formula is C16H28N2. The Morgan fingerprint density at radius 1 is 1.17 bits per heavy atom. The van der Waals surface area contributed by atoms with E-state index in [2.05, 4.69) is 56.1 Å². The van der Waals surface area contributed by atoms with Gasteiger partial charge in [0.25, 0.3) is 0 Å². The Balaban J connectivity index is 2.59. The Morgan fingerprint density at radius 2 is 1.83 bits per heavy atom. The predicted molar refractivity (Wildman–Crippen MR) is 79.8 cm³/mol. The lowest BCUT2D eigenvalue weighted by molar-refractivity contribution is 0.111. The van der Waals surface area contributed by atoms with E-state index in [0.717, 1.165) is 25.9 Å². The van der Waals surface area contributed by atoms with E-state index in [9.17, 15) is 0 Å². The fraction of sp³-hybridized carbons (Fsp3) is 0.625. The Bertz CT molecular complexity index is 317. The van der Waals surface area contributed by atoms with Crippen molar-refractivity contribution in [3.05, 3.63) is 35.9 Å². The highest BCUT2D eigenvalue weighted by Gasteiger charge is 2.29. The fourth-order valence-corrected chi connectivity index (χ4v) is 2.68. The first-order valence-electron chi connectivity index (χ1n) is 7.13. The standard InChI is InChI=1S/C16H28N2/c1-4-12-16(5-2,14-17)18(3)13-11-15-9-7-6-8-10-15/h6-10H,4-5,11-14,17H2,1-3H3. The zero-order valence-corrected chi connectivity index (χ0v) is 12.2. The zero-order chi connectivity index (χ0) is 13.4. The van der Waals surface area contributed by atoms with Crippen molar-refractivity contribution >= 4 is 0 Å². The smallest absolute Gasteiger partial charge is 0.0326 e. The summed E-state index contributed by atoms with van der Waals surface area (Å²) < 4.78 is 0. The number of hydrogen-bond acceptors (Lipinski definition) is 2. The van der Waals surface area contributed by atoms with Gasteiger partial charge in [0.05, 0.1) is 0 Å². The van der Waals surface area contributed by atoms with Gasteiger partial charge in [-0.25, -0.2) is 0 Å². The van der Waals surface area contributed by atoms with Gasteiger partial charge in [-0.15, -0.1) is 0 Å². The second-order valence-electron chi connectivity index (χ2n) is 5.19. The van der Waals surface area contributed by atoms with E-state index in [4.69, 9.17) is 5.73 Å². The average molecular weight is 248 g/mol. The second-order valence-corrected chi connectivity index (χ2v) is 5.19. The summed E-state index contributed by atoms with van der Waals surface area (Å²) in [4.78, 5) is 2.46. The molecule has 1 rings (SSSR count). The number of likely N-dealkylation sites (N-methyl/N-ethyl adjacent to an activating group) is 1. The van der Waals surface area contributed by atoms with E-state index in [1.807, 2.05) is 0 Å². The lowest BCUT2D eigenvalue weighted by atomic mass is 9.88. The van der Waals surface area contributed by atoms with Crippen molar-refractivity contribution in [1.29, 1.82) is 0 Å². The van der Waals surface area contributed by atoms with Crippen LogP contribution in [0.25, 0.3) is 0 Å². The van der Waals surface area contributed by atoms with Crippen LogP contribution in [0, 0.1) is 0 Å². The molecule has 0 spiro atoms. The predicted octanol–water partition coefficient (Wildman–Crippen LogP) is 3.07. The highest BCUT2D eigenvalue weighted by atomic mass is 15.2. The summed E-state index contributed by atoms with van der Waals surface area (Å²) in [5.41, 5.74) is 7.62. The minimum atomic E-state index is 0.184. The average Bonchev–Trinajstić information content (AvgIpc) is 2.43. The molecule has 0 aromatic heterocycles. The van der Waals surface area contributed by atoms with Crippen molar-refractivity contribution in [2.75, 3.05) is 20.1 Å². The summed E-state index contributed by atoms with van der Waals surface area (Å²) in [7, 11) is 2.22. The van der Waals surface area contributed by atoms with Crippen molar-refractivity contribution in [1.82, 2.24) is 4.90 Å². The third-order valence-corrected chi connectivity index (χ3v) is 4.14. The maximum atomic E-state index is 6.03. The highest BCUT2D eigenvalue weighted by Crippen LogP contribution is 2.23. The molecule has 0 fully saturated rings. The molecule has 18 heavy (non-hydrogen) atoms. The van der Waals surface area contributed by atoms with Crippen molar-refractivity contribution in [2.45, 2.75) is 45.1 Å². The summed E-state index contributed by atoms with van der Waals surface area (Å²) in [5, 5.41) is 0. The van der Waals surface area contributed by atoms with E-state index in [0.29, 0.717) is 0 Å². The van der Waals surface area contributed by atoms with Crippen molar-refractivity contribution in [3.63, 3.8) is 0 Å². The van der Waals surface area contributed by atoms with Gasteiger partial charge in [0.1, 0.15) is 0 Å². The maximum absolute atomic E-state index is 6.03. The van der Waals surface area contributed by atoms with E-state index in [-0.39, 0.29) is 5.54 Å². The molecule has 0 aliphatic carbocycles. The van der Waals surface area contributed by atoms with Gasteiger partial charge in [0.2, 0.25) is 0 Å². The normalized spacial score (nSPS) is 14.7. The van der Waals surface area contributed by atoms with E-state index in [1.165, 1.54) is 18.4 Å². The van der Waals surface area contributed by atoms with Crippen LogP contribution >= 0.6 is 0 Å². The molecule has 0 radical (unpaired) electrons. The highest BCUT2D eigenvalue weighted by molar-refractivity contribution is 5.15. The van der Waals surface area contributed by atoms with Crippen LogP contribution in [0.3, 0.4) is 0 Å². The molecule has 1 aromatic carbocycles. The van der Waals surface area contributed by atoms with E-state index in [1.54, 1.807) is 0 Å². The van der Waals surface area contributed by atoms with Gasteiger partial charge in [-0.1, -0.05) is 50.6 Å². The van der Waals surface area contributed by atoms with Crippen LogP contribution in [0.1, 0.15) is 38.7 Å². The molecule has 1 atom stereocenters. The lowest BCUT2D eigenvalue weighted by Crippen LogP contribution is -2.52. The third kappa shape index (κ3) is 3.82. The van der Waals surface area contributed by atoms with Gasteiger partial charge in [0.15, 0.2) is 0 Å². The molecule has 1 aromatic rings. The van der Waals surface area contributed by atoms with Crippen molar-refractivity contribution in [2.24, 2.45) is 5.73 Å². The zero-order valence-electron chi connectivity index (χ0n) is 12.2. The van der Waals surface area contributed by atoms with Crippen LogP contribution < -0.4 is 5.73 Å². The number of benzene rings is 1. The van der Waals surface area contributed by atoms with Gasteiger partial charge in [0, 0.05) is 18.6 Å². The molecule has 2 N–H and O–H groups in total. The molecule has 0 heterocycles. The Kier molecular flexibility index (Phi) is 6.37. The molecular weight excluding hydrogens is 220 g/mol. The molecule has 2 nitrogen and oxygen atoms in total. The molecule has 0 amide bonds. The SMILES string of the molecule is CCCC(CC)(CN)N(C)CCc1ccccc1. The summed E-state index contributed by atoms with van der Waals surface area (Å²) in [6, 6.07) is 10.7. The van der Waals surface area contributed by atoms with Crippen molar-refractivity contribution in [3.8, 4) is 0 Å². The minimum Gasteiger partial charge on any atom is -0.329 e. The van der Waals surface area contributed by atoms with Crippen molar-refractivity contribution < 1.29 is 0 Å². The number of nitrogens with two attached hydrogens (primary N) is 1. The Labute approximate surface area is 112 Å². The van der Waals surface area contributed by atoms with Crippen LogP contribution in [0.5, 0.6) is 0 Å². The van der Waals surface area contributed by atoms with Gasteiger partial charge in [-0.3, -0.25) is 4.90 Å². The Morgan fingerprint density at radius 3 is 2.33 bits per heavy atom. The Hall–Kier alpha value is -0.860. The monoisotopic (exact) mass is 248 g/mol. The molecule has 102 valence electrons. The topological polar surface area (TPSA) is 29.3 Å². The maximum Gasteiger partial charge on any atom is 0.0326 e. The molecule has 2 heteroatoms. The van der Waals surface area contributed by atoms with Crippen LogP contribution in [0.2, 0.25) is 0 Å². The molecule has 0 saturated carbocycles. The van der Waals surface area contributed by atoms with Gasteiger partial charge in [-0.05, 0) is 31.9 Å². The number of rotatable bonds is 8. The third-order valence-electron chi connectivity index (χ3n) is 4.14. The largest absolute Gasteiger partial charge is 0.329 e. The molecule has 0 saturated heterocycles. The summed E-state index contributed by atoms with van der Waals surface area (Å²) >= 11 is 0. The quantitative estimate of drug-likeness (QED) is 0.766. The first-order chi connectivity index (χ1) is 8.68. The second kappa shape index (κ2) is 7.55. The van der Waals surface area contributed by atoms with Crippen LogP contribution in [-0.2, 0) is 6.42 Å². The van der Waals surface area contributed by atoms with Crippen LogP contribution in [-0.4, -0.2) is 30.6 Å². The molecule has 1 unspecified atom stereocenters. The number of nitrogens with zero attached hydrogens (tertiary/aromatic N) is 1. The summed E-state index contributed by atoms with van der Waals surface area (Å²) in [5.74, 6) is 0. The minimum absolute atomic E-state index is 0.184. The lowest BCUT2D eigenvalue weighted by Gasteiger charge is -2.41. The van der Waals surface area contributed by atoms with Gasteiger partial charge in [-0.2, -0.15) is 0 Å². The van der Waals surface area contributed by atoms with Gasteiger partial charge >= 0.3 is 0 Å². The fourth-order valence-electron chi connectivity index (χ4n) is 2.68. The first kappa shape index (κ1) is 15.2. The number of hydrogen-bond donors (Lipinski definition) is 1. The molecule has 0 aliphatic rings. The van der Waals surface area contributed by atoms with E-state index < -0.39 is 0 Å². The van der Waals surface area contributed by atoms with Gasteiger partial charge < -0.3 is 5.73 Å².